The fraction of sp³-hybridized carbons (Fsp3) is 0.0588. The van der Waals surface area contributed by atoms with E-state index in [1.54, 1.807) is 49.4 Å². The molecule has 270 valence electrons. The fourth-order valence-corrected chi connectivity index (χ4v) is 5.06. The van der Waals surface area contributed by atoms with Crippen molar-refractivity contribution in [1.82, 2.24) is 0 Å². The van der Waals surface area contributed by atoms with Gasteiger partial charge in [-0.05, 0) is 62.4 Å². The van der Waals surface area contributed by atoms with Crippen molar-refractivity contribution in [2.75, 3.05) is 10.0 Å². The maximum absolute atomic E-state index is 12.6. The number of anilines is 2. The Kier molecular flexibility index (Phi) is 17.3. The summed E-state index contributed by atoms with van der Waals surface area (Å²) in [6.45, 7) is 3.17. The number of benzene rings is 4. The van der Waals surface area contributed by atoms with Crippen molar-refractivity contribution in [3.05, 3.63) is 125 Å². The van der Waals surface area contributed by atoms with Gasteiger partial charge in [0, 0.05) is 28.5 Å². The zero-order valence-electron chi connectivity index (χ0n) is 29.5. The van der Waals surface area contributed by atoms with E-state index < -0.39 is 38.8 Å². The molecule has 2 N–H and O–H groups in total. The van der Waals surface area contributed by atoms with Gasteiger partial charge in [-0.3, -0.25) is 9.59 Å². The van der Waals surface area contributed by atoms with Crippen LogP contribution in [-0.4, -0.2) is 69.8 Å². The molecule has 2 heterocycles. The van der Waals surface area contributed by atoms with Gasteiger partial charge < -0.3 is 35.8 Å². The minimum atomic E-state index is -4.60. The third-order valence-electron chi connectivity index (χ3n) is 7.13. The molecule has 0 aromatic heterocycles. The van der Waals surface area contributed by atoms with E-state index in [1.807, 2.05) is 6.07 Å². The first kappa shape index (κ1) is 46.6. The molecule has 2 amide bonds. The summed E-state index contributed by atoms with van der Waals surface area (Å²) in [4.78, 5) is 47.0. The Hall–Kier alpha value is -4.52. The van der Waals surface area contributed by atoms with E-state index in [9.17, 15) is 32.1 Å². The van der Waals surface area contributed by atoms with Gasteiger partial charge in [-0.1, -0.05) is 54.6 Å². The van der Waals surface area contributed by atoms with Crippen molar-refractivity contribution in [3.8, 4) is 0 Å². The second-order valence-electron chi connectivity index (χ2n) is 10.6. The fourth-order valence-electron chi connectivity index (χ4n) is 4.59. The predicted molar refractivity (Wildman–Crippen MR) is 190 cm³/mol. The maximum Gasteiger partial charge on any atom is 1.00 e. The van der Waals surface area contributed by atoms with Crippen LogP contribution < -0.4 is 69.1 Å². The number of carboxylic acid groups (broad SMARTS) is 2. The molecule has 0 unspecified atom stereocenters. The molecule has 2 aliphatic rings. The third kappa shape index (κ3) is 11.3. The Balaban J connectivity index is 0.000000364. The molecular weight excluding hydrogens is 794 g/mol. The maximum atomic E-state index is 12.6. The van der Waals surface area contributed by atoms with Gasteiger partial charge in [-0.25, -0.2) is 18.0 Å². The summed E-state index contributed by atoms with van der Waals surface area (Å²) in [6.07, 6.45) is 0. The molecule has 0 saturated heterocycles. The number of carbonyl (C=O) groups is 4. The van der Waals surface area contributed by atoms with Crippen LogP contribution in [0.3, 0.4) is 0 Å². The van der Waals surface area contributed by atoms with E-state index in [0.717, 1.165) is 17.1 Å². The first-order valence-electron chi connectivity index (χ1n) is 14.9. The minimum absolute atomic E-state index is 0. The Bertz CT molecular complexity index is 2330. The number of hydrogen-bond donors (Lipinski definition) is 2. The summed E-state index contributed by atoms with van der Waals surface area (Å²) in [5, 5.41) is 36.5. The van der Waals surface area contributed by atoms with Gasteiger partial charge in [-0.15, -0.1) is 11.4 Å². The van der Waals surface area contributed by atoms with Crippen molar-refractivity contribution in [1.29, 1.82) is 0 Å². The first-order chi connectivity index (χ1) is 24.8. The number of rotatable bonds is 9. The zero-order chi connectivity index (χ0) is 37.6. The number of aromatic carboxylic acids is 2. The quantitative estimate of drug-likeness (QED) is 0.122. The smallest absolute Gasteiger partial charge is 0.744 e. The average Bonchev–Trinajstić information content (AvgIpc) is 3.58. The van der Waals surface area contributed by atoms with Gasteiger partial charge >= 0.3 is 71.1 Å². The van der Waals surface area contributed by atoms with Gasteiger partial charge in [0.15, 0.2) is 0 Å². The molecule has 0 radical (unpaired) electrons. The number of carboxylic acids is 2. The Morgan fingerprint density at radius 1 is 0.636 bits per heavy atom. The molecular formula is C34H25CrN8Na2O9S-. The molecule has 17 nitrogen and oxygen atoms in total. The van der Waals surface area contributed by atoms with E-state index >= 15 is 0 Å². The molecule has 6 rings (SSSR count). The van der Waals surface area contributed by atoms with Gasteiger partial charge in [0.1, 0.15) is 21.5 Å². The predicted octanol–water partition coefficient (Wildman–Crippen LogP) is -0.753. The number of nitrogens with zero attached hydrogens (tertiary/aromatic N) is 8. The monoisotopic (exact) mass is 819 g/mol. The Morgan fingerprint density at radius 3 is 1.38 bits per heavy atom. The summed E-state index contributed by atoms with van der Waals surface area (Å²) in [7, 11) is -4.60. The summed E-state index contributed by atoms with van der Waals surface area (Å²) in [5.74, 6) is -3.33. The van der Waals surface area contributed by atoms with Crippen LogP contribution in [0.4, 0.5) is 22.7 Å². The van der Waals surface area contributed by atoms with Crippen molar-refractivity contribution in [2.24, 2.45) is 20.4 Å². The van der Waals surface area contributed by atoms with Crippen LogP contribution in [0.5, 0.6) is 0 Å². The minimum Gasteiger partial charge on any atom is -0.744 e. The zero-order valence-corrected chi connectivity index (χ0v) is 35.6. The van der Waals surface area contributed by atoms with Gasteiger partial charge in [0.25, 0.3) is 11.8 Å². The van der Waals surface area contributed by atoms with Crippen molar-refractivity contribution in [2.45, 2.75) is 18.7 Å². The molecule has 0 aliphatic carbocycles. The molecule has 0 bridgehead atoms. The van der Waals surface area contributed by atoms with Crippen LogP contribution in [-0.2, 0) is 37.1 Å². The van der Waals surface area contributed by atoms with Crippen LogP contribution in [0.25, 0.3) is 10.9 Å². The molecule has 2 aliphatic heterocycles. The second kappa shape index (κ2) is 20.4. The number of carbonyl (C=O) groups excluding carboxylic acids is 2. The molecule has 0 spiro atoms. The van der Waals surface area contributed by atoms with Crippen molar-refractivity contribution < 1.29 is 119 Å². The van der Waals surface area contributed by atoms with E-state index in [0.29, 0.717) is 11.4 Å². The molecule has 21 heteroatoms. The van der Waals surface area contributed by atoms with Crippen molar-refractivity contribution in [3.63, 3.8) is 0 Å². The largest absolute Gasteiger partial charge is 1.00 e. The summed E-state index contributed by atoms with van der Waals surface area (Å²) >= 11 is 0. The molecule has 0 saturated carbocycles. The van der Waals surface area contributed by atoms with Gasteiger partial charge in [0.05, 0.1) is 27.7 Å². The van der Waals surface area contributed by atoms with Crippen LogP contribution in [0.2, 0.25) is 0 Å². The molecule has 55 heavy (non-hydrogen) atoms. The Morgan fingerprint density at radius 2 is 1.00 bits per heavy atom. The van der Waals surface area contributed by atoms with Crippen LogP contribution in [0.15, 0.2) is 128 Å². The van der Waals surface area contributed by atoms with E-state index in [2.05, 4.69) is 31.3 Å². The number of hydrazone groups is 2. The standard InChI is InChI=1S/C17H14N4O6S.C17H14N4O3.Cr.2Na/c1-10-15(19-18-14-5-3-2-4-13(14)17(23)24)16(22)21(20-10)11-6-8-12(9-7-11)28(25,26)27;1-11-15(16(22)21(20-11)12-7-3-2-4-8-12)19-18-14-10-6-5-9-13(14)17(23)24;;;/h2-9H,1H3,(H3,18,20,22,23,24,25,26,27);2-10H,1H3,(H2,18,20,22,23,24);;;/q;;;2*+1/p-3. The topological polar surface area (TPSA) is 250 Å². The average molecular weight is 820 g/mol. The van der Waals surface area contributed by atoms with E-state index in [1.165, 1.54) is 54.4 Å². The molecule has 4 aromatic rings. The van der Waals surface area contributed by atoms with E-state index in [-0.39, 0.29) is 122 Å². The van der Waals surface area contributed by atoms with E-state index in [4.69, 9.17) is 10.2 Å². The Labute approximate surface area is 369 Å². The van der Waals surface area contributed by atoms with Crippen molar-refractivity contribution >= 4 is 79.5 Å². The van der Waals surface area contributed by atoms with Crippen LogP contribution in [0.1, 0.15) is 34.6 Å². The normalized spacial score (nSPS) is 14.7. The molecule has 0 fully saturated rings. The van der Waals surface area contributed by atoms with Gasteiger partial charge in [-0.2, -0.15) is 20.2 Å². The van der Waals surface area contributed by atoms with Gasteiger partial charge in [0.2, 0.25) is 0 Å². The molecule has 0 atom stereocenters. The van der Waals surface area contributed by atoms with Crippen LogP contribution >= 0.6 is 0 Å². The number of hydrogen-bond acceptors (Lipinski definition) is 11. The van der Waals surface area contributed by atoms with Crippen LogP contribution in [0, 0.1) is 0 Å². The number of amides is 2. The first-order valence-corrected chi connectivity index (χ1v) is 16.3. The summed E-state index contributed by atoms with van der Waals surface area (Å²) in [5.41, 5.74) is 9.45. The second-order valence-corrected chi connectivity index (χ2v) is 12.0. The summed E-state index contributed by atoms with van der Waals surface area (Å²) < 4.78 is 33.0. The molecule has 4 aromatic carbocycles. The number of para-hydroxylation sites is 1. The third-order valence-corrected chi connectivity index (χ3v) is 7.98. The SMILES string of the molecule is CC1=NN(c2ccc(S(=O)(=O)[O-])cc2)C(=O)/C1=N\[N-]c1ccccc1C(=O)O.CC1=NN(c2ccccc2)C(=O)C1=N[N-]c1ccccc1C(=O)O.[Cr].[Na+].[Na+]. The summed E-state index contributed by atoms with van der Waals surface area (Å²) in [6, 6.07) is 25.7.